The summed E-state index contributed by atoms with van der Waals surface area (Å²) in [6.45, 7) is -0.942. The van der Waals surface area contributed by atoms with E-state index < -0.39 is 37.6 Å². The van der Waals surface area contributed by atoms with Crippen molar-refractivity contribution in [2.75, 3.05) is 13.2 Å². The zero-order valence-corrected chi connectivity index (χ0v) is 13.4. The Hall–Kier alpha value is -1.38. The predicted molar refractivity (Wildman–Crippen MR) is 84.7 cm³/mol. The minimum absolute atomic E-state index is 0.126. The maximum Gasteiger partial charge on any atom is 0.345 e. The summed E-state index contributed by atoms with van der Waals surface area (Å²) in [5, 5.41) is 32.8. The van der Waals surface area contributed by atoms with E-state index in [0.29, 0.717) is 13.0 Å². The molecule has 0 unspecified atom stereocenters. The number of nitrogens with one attached hydrogen (secondary N) is 1. The highest BCUT2D eigenvalue weighted by molar-refractivity contribution is 5.23. The van der Waals surface area contributed by atoms with Crippen LogP contribution in [0.1, 0.15) is 11.1 Å². The van der Waals surface area contributed by atoms with Gasteiger partial charge in [-0.15, -0.1) is 0 Å². The lowest BCUT2D eigenvalue weighted by Gasteiger charge is -2.35. The first kappa shape index (κ1) is 19.0. The van der Waals surface area contributed by atoms with Crippen LogP contribution in [0.3, 0.4) is 0 Å². The Morgan fingerprint density at radius 2 is 1.79 bits per heavy atom. The van der Waals surface area contributed by atoms with Crippen molar-refractivity contribution in [3.05, 3.63) is 47.0 Å². The Morgan fingerprint density at radius 3 is 2.42 bits per heavy atom. The van der Waals surface area contributed by atoms with Gasteiger partial charge in [0.1, 0.15) is 18.3 Å². The standard InChI is InChI=1S/C17H23F2NO4/c1-10-2-4-11(5-3-10)6-7-20-13-8-12(9-24-17(18)19)14(21)16(23)15(13)22/h2-5,8,13-17,20-23H,6-7,9H2,1H3/t13-,14+,15+,16+/m1/s1. The lowest BCUT2D eigenvalue weighted by atomic mass is 9.88. The number of aliphatic hydroxyl groups excluding tert-OH is 3. The fourth-order valence-corrected chi connectivity index (χ4v) is 2.66. The summed E-state index contributed by atoms with van der Waals surface area (Å²) in [5.74, 6) is 0. The second-order valence-electron chi connectivity index (χ2n) is 5.95. The van der Waals surface area contributed by atoms with E-state index >= 15 is 0 Å². The molecular weight excluding hydrogens is 320 g/mol. The molecule has 1 aliphatic carbocycles. The molecule has 1 aromatic carbocycles. The maximum absolute atomic E-state index is 12.1. The lowest BCUT2D eigenvalue weighted by Crippen LogP contribution is -2.54. The first-order valence-corrected chi connectivity index (χ1v) is 7.82. The van der Waals surface area contributed by atoms with E-state index in [4.69, 9.17) is 0 Å². The molecule has 0 fully saturated rings. The first-order valence-electron chi connectivity index (χ1n) is 7.82. The summed E-state index contributed by atoms with van der Waals surface area (Å²) < 4.78 is 28.5. The molecule has 134 valence electrons. The van der Waals surface area contributed by atoms with Crippen LogP contribution in [0.2, 0.25) is 0 Å². The van der Waals surface area contributed by atoms with E-state index in [9.17, 15) is 24.1 Å². The van der Waals surface area contributed by atoms with Crippen molar-refractivity contribution in [2.24, 2.45) is 0 Å². The van der Waals surface area contributed by atoms with Gasteiger partial charge in [-0.1, -0.05) is 35.9 Å². The van der Waals surface area contributed by atoms with E-state index in [2.05, 4.69) is 10.1 Å². The Bertz CT molecular complexity index is 550. The second kappa shape index (κ2) is 8.64. The molecule has 5 nitrogen and oxygen atoms in total. The van der Waals surface area contributed by atoms with Gasteiger partial charge >= 0.3 is 6.61 Å². The van der Waals surface area contributed by atoms with Gasteiger partial charge in [-0.05, 0) is 31.0 Å². The maximum atomic E-state index is 12.1. The van der Waals surface area contributed by atoms with Crippen LogP contribution in [0.25, 0.3) is 0 Å². The molecule has 0 bridgehead atoms. The number of halogens is 2. The van der Waals surface area contributed by atoms with Gasteiger partial charge < -0.3 is 25.4 Å². The smallest absolute Gasteiger partial charge is 0.345 e. The largest absolute Gasteiger partial charge is 0.388 e. The number of aryl methyl sites for hydroxylation is 1. The average Bonchev–Trinajstić information content (AvgIpc) is 2.55. The van der Waals surface area contributed by atoms with Crippen molar-refractivity contribution in [1.82, 2.24) is 5.32 Å². The SMILES string of the molecule is Cc1ccc(CCN[C@@H]2C=C(COC(F)F)[C@H](O)[C@H](O)[C@H]2O)cc1. The van der Waals surface area contributed by atoms with Crippen LogP contribution in [0.15, 0.2) is 35.9 Å². The molecule has 0 saturated heterocycles. The molecule has 0 aliphatic heterocycles. The summed E-state index contributed by atoms with van der Waals surface area (Å²) in [6, 6.07) is 7.37. The van der Waals surface area contributed by atoms with Crippen LogP contribution >= 0.6 is 0 Å². The first-order chi connectivity index (χ1) is 11.4. The molecule has 1 aliphatic rings. The Morgan fingerprint density at radius 1 is 1.12 bits per heavy atom. The normalized spacial score (nSPS) is 27.4. The molecule has 4 N–H and O–H groups in total. The topological polar surface area (TPSA) is 82.0 Å². The monoisotopic (exact) mass is 343 g/mol. The van der Waals surface area contributed by atoms with E-state index in [1.165, 1.54) is 6.08 Å². The number of aliphatic hydroxyl groups is 3. The second-order valence-corrected chi connectivity index (χ2v) is 5.95. The molecular formula is C17H23F2NO4. The van der Waals surface area contributed by atoms with Gasteiger partial charge in [-0.25, -0.2) is 0 Å². The highest BCUT2D eigenvalue weighted by Gasteiger charge is 2.37. The van der Waals surface area contributed by atoms with Gasteiger partial charge in [0, 0.05) is 0 Å². The molecule has 0 aromatic heterocycles. The van der Waals surface area contributed by atoms with Crippen molar-refractivity contribution in [2.45, 2.75) is 44.3 Å². The molecule has 24 heavy (non-hydrogen) atoms. The Kier molecular flexibility index (Phi) is 6.82. The molecule has 1 aromatic rings. The van der Waals surface area contributed by atoms with Crippen LogP contribution in [0.5, 0.6) is 0 Å². The molecule has 0 heterocycles. The van der Waals surface area contributed by atoms with Gasteiger partial charge in [0.25, 0.3) is 0 Å². The van der Waals surface area contributed by atoms with E-state index in [0.717, 1.165) is 11.1 Å². The molecule has 7 heteroatoms. The van der Waals surface area contributed by atoms with Gasteiger partial charge in [0.05, 0.1) is 12.6 Å². The Labute approximate surface area is 139 Å². The fourth-order valence-electron chi connectivity index (χ4n) is 2.66. The number of hydrogen-bond acceptors (Lipinski definition) is 5. The summed E-state index contributed by atoms with van der Waals surface area (Å²) >= 11 is 0. The van der Waals surface area contributed by atoms with Crippen molar-refractivity contribution in [1.29, 1.82) is 0 Å². The van der Waals surface area contributed by atoms with Gasteiger partial charge in [0.15, 0.2) is 0 Å². The van der Waals surface area contributed by atoms with Crippen LogP contribution in [-0.2, 0) is 11.2 Å². The third kappa shape index (κ3) is 5.06. The van der Waals surface area contributed by atoms with Crippen LogP contribution in [0, 0.1) is 6.92 Å². The van der Waals surface area contributed by atoms with E-state index in [1.807, 2.05) is 31.2 Å². The van der Waals surface area contributed by atoms with Crippen molar-refractivity contribution in [3.63, 3.8) is 0 Å². The van der Waals surface area contributed by atoms with Gasteiger partial charge in [-0.2, -0.15) is 8.78 Å². The summed E-state index contributed by atoms with van der Waals surface area (Å²) in [4.78, 5) is 0. The fraction of sp³-hybridized carbons (Fsp3) is 0.529. The lowest BCUT2D eigenvalue weighted by molar-refractivity contribution is -0.129. The van der Waals surface area contributed by atoms with E-state index in [-0.39, 0.29) is 5.57 Å². The molecule has 0 amide bonds. The number of benzene rings is 1. The van der Waals surface area contributed by atoms with E-state index in [1.54, 1.807) is 0 Å². The van der Waals surface area contributed by atoms with Gasteiger partial charge in [0.2, 0.25) is 0 Å². The highest BCUT2D eigenvalue weighted by atomic mass is 19.3. The third-order valence-electron chi connectivity index (χ3n) is 4.11. The highest BCUT2D eigenvalue weighted by Crippen LogP contribution is 2.21. The summed E-state index contributed by atoms with van der Waals surface area (Å²) in [7, 11) is 0. The summed E-state index contributed by atoms with van der Waals surface area (Å²) in [5.41, 5.74) is 2.41. The molecule has 0 saturated carbocycles. The molecule has 0 radical (unpaired) electrons. The minimum Gasteiger partial charge on any atom is -0.388 e. The average molecular weight is 343 g/mol. The Balaban J connectivity index is 1.94. The van der Waals surface area contributed by atoms with Crippen molar-refractivity contribution >= 4 is 0 Å². The van der Waals surface area contributed by atoms with Crippen LogP contribution in [-0.4, -0.2) is 59.4 Å². The van der Waals surface area contributed by atoms with Crippen LogP contribution in [0.4, 0.5) is 8.78 Å². The van der Waals surface area contributed by atoms with Crippen molar-refractivity contribution in [3.8, 4) is 0 Å². The molecule has 0 spiro atoms. The number of ether oxygens (including phenoxy) is 1. The number of alkyl halides is 2. The number of rotatable bonds is 7. The number of hydrogen-bond donors (Lipinski definition) is 4. The van der Waals surface area contributed by atoms with Gasteiger partial charge in [-0.3, -0.25) is 0 Å². The molecule has 4 atom stereocenters. The summed E-state index contributed by atoms with van der Waals surface area (Å²) in [6.07, 6.45) is -1.95. The van der Waals surface area contributed by atoms with Crippen molar-refractivity contribution < 1.29 is 28.8 Å². The zero-order chi connectivity index (χ0) is 17.7. The predicted octanol–water partition coefficient (Wildman–Crippen LogP) is 0.758. The quantitative estimate of drug-likeness (QED) is 0.550. The molecule has 2 rings (SSSR count). The van der Waals surface area contributed by atoms with Crippen LogP contribution < -0.4 is 5.32 Å². The third-order valence-corrected chi connectivity index (χ3v) is 4.11. The zero-order valence-electron chi connectivity index (χ0n) is 13.4. The minimum atomic E-state index is -2.96.